The van der Waals surface area contributed by atoms with E-state index in [1.54, 1.807) is 6.92 Å². The number of aromatic nitrogens is 2. The van der Waals surface area contributed by atoms with Crippen molar-refractivity contribution in [1.29, 1.82) is 0 Å². The van der Waals surface area contributed by atoms with Gasteiger partial charge in [0.05, 0.1) is 5.56 Å². The van der Waals surface area contributed by atoms with Crippen LogP contribution in [0.2, 0.25) is 0 Å². The average molecular weight is 305 g/mol. The van der Waals surface area contributed by atoms with Gasteiger partial charge in [-0.15, -0.1) is 5.92 Å². The fraction of sp³-hybridized carbons (Fsp3) is 0.647. The first-order chi connectivity index (χ1) is 10.5. The van der Waals surface area contributed by atoms with Gasteiger partial charge in [0.2, 0.25) is 5.88 Å². The van der Waals surface area contributed by atoms with Crippen molar-refractivity contribution in [3.63, 3.8) is 0 Å². The summed E-state index contributed by atoms with van der Waals surface area (Å²) in [6, 6.07) is 0. The van der Waals surface area contributed by atoms with Crippen molar-refractivity contribution in [3.05, 3.63) is 11.6 Å². The van der Waals surface area contributed by atoms with E-state index in [4.69, 9.17) is 4.74 Å². The minimum absolute atomic E-state index is 0.214. The molecule has 1 aromatic rings. The Bertz CT molecular complexity index is 569. The Morgan fingerprint density at radius 1 is 1.27 bits per heavy atom. The zero-order valence-corrected chi connectivity index (χ0v) is 13.8. The number of halogens is 1. The summed E-state index contributed by atoms with van der Waals surface area (Å²) in [6.45, 7) is 10.2. The molecule has 0 amide bonds. The lowest BCUT2D eigenvalue weighted by Gasteiger charge is -2.36. The summed E-state index contributed by atoms with van der Waals surface area (Å²) in [4.78, 5) is 10.0. The molecule has 1 aliphatic rings. The molecule has 0 aromatic carbocycles. The second-order valence-electron chi connectivity index (χ2n) is 6.02. The van der Waals surface area contributed by atoms with Crippen LogP contribution in [0.15, 0.2) is 0 Å². The highest BCUT2D eigenvalue weighted by atomic mass is 19.1. The molecule has 2 unspecified atom stereocenters. The second kappa shape index (κ2) is 7.44. The van der Waals surface area contributed by atoms with E-state index < -0.39 is 6.08 Å². The van der Waals surface area contributed by atoms with Crippen molar-refractivity contribution in [2.45, 2.75) is 40.5 Å². The number of anilines is 1. The molecule has 1 saturated heterocycles. The molecule has 0 bridgehead atoms. The van der Waals surface area contributed by atoms with Crippen LogP contribution in [0.25, 0.3) is 0 Å². The molecule has 0 radical (unpaired) electrons. The zero-order valence-electron chi connectivity index (χ0n) is 13.8. The summed E-state index contributed by atoms with van der Waals surface area (Å²) in [5.74, 6) is 7.70. The molecule has 1 fully saturated rings. The molecule has 22 heavy (non-hydrogen) atoms. The Kier molecular flexibility index (Phi) is 5.59. The van der Waals surface area contributed by atoms with Gasteiger partial charge in [-0.2, -0.15) is 14.4 Å². The van der Waals surface area contributed by atoms with E-state index in [1.165, 1.54) is 6.42 Å². The van der Waals surface area contributed by atoms with Crippen LogP contribution in [0.4, 0.5) is 10.2 Å². The van der Waals surface area contributed by atoms with Crippen molar-refractivity contribution < 1.29 is 9.13 Å². The predicted octanol–water partition coefficient (Wildman–Crippen LogP) is 3.06. The van der Waals surface area contributed by atoms with Gasteiger partial charge in [0, 0.05) is 13.1 Å². The fourth-order valence-electron chi connectivity index (χ4n) is 3.13. The number of ether oxygens (including phenoxy) is 1. The lowest BCUT2D eigenvalue weighted by Crippen LogP contribution is -2.40. The zero-order chi connectivity index (χ0) is 16.1. The van der Waals surface area contributed by atoms with Crippen LogP contribution in [0.1, 0.15) is 39.7 Å². The van der Waals surface area contributed by atoms with Crippen molar-refractivity contribution >= 4 is 5.82 Å². The van der Waals surface area contributed by atoms with E-state index in [0.717, 1.165) is 18.7 Å². The van der Waals surface area contributed by atoms with Crippen LogP contribution in [0.5, 0.6) is 5.88 Å². The normalized spacial score (nSPS) is 21.2. The highest BCUT2D eigenvalue weighted by Crippen LogP contribution is 2.31. The van der Waals surface area contributed by atoms with Gasteiger partial charge in [0.1, 0.15) is 5.82 Å². The van der Waals surface area contributed by atoms with Crippen molar-refractivity contribution in [2.75, 3.05) is 24.6 Å². The average Bonchev–Trinajstić information content (AvgIpc) is 2.46. The number of hydrogen-bond donors (Lipinski definition) is 0. The minimum atomic E-state index is -0.738. The Balaban J connectivity index is 2.34. The van der Waals surface area contributed by atoms with Gasteiger partial charge < -0.3 is 9.64 Å². The Morgan fingerprint density at radius 3 is 2.55 bits per heavy atom. The van der Waals surface area contributed by atoms with Gasteiger partial charge in [-0.3, -0.25) is 0 Å². The van der Waals surface area contributed by atoms with E-state index in [-0.39, 0.29) is 6.61 Å². The van der Waals surface area contributed by atoms with Crippen LogP contribution in [0, 0.1) is 29.8 Å². The molecule has 0 N–H and O–H groups in total. The third kappa shape index (κ3) is 3.88. The van der Waals surface area contributed by atoms with Crippen LogP contribution in [0.3, 0.4) is 0 Å². The molecular formula is C17H24FN3O. The molecule has 0 aliphatic carbocycles. The second-order valence-corrected chi connectivity index (χ2v) is 6.02. The first kappa shape index (κ1) is 16.5. The summed E-state index contributed by atoms with van der Waals surface area (Å²) in [6.07, 6.45) is 1.16. The third-order valence-electron chi connectivity index (χ3n) is 3.90. The van der Waals surface area contributed by atoms with Gasteiger partial charge >= 0.3 is 6.08 Å². The smallest absolute Gasteiger partial charge is 0.313 e. The summed E-state index contributed by atoms with van der Waals surface area (Å²) in [5.41, 5.74) is 0.862. The molecule has 5 heteroatoms. The molecule has 120 valence electrons. The molecule has 2 atom stereocenters. The van der Waals surface area contributed by atoms with Crippen LogP contribution >= 0.6 is 0 Å². The van der Waals surface area contributed by atoms with Crippen LogP contribution in [-0.4, -0.2) is 29.7 Å². The van der Waals surface area contributed by atoms with Crippen molar-refractivity contribution in [2.24, 2.45) is 11.8 Å². The van der Waals surface area contributed by atoms with Gasteiger partial charge in [-0.05, 0) is 31.6 Å². The first-order valence-corrected chi connectivity index (χ1v) is 7.88. The molecule has 2 rings (SSSR count). The first-order valence-electron chi connectivity index (χ1n) is 7.88. The van der Waals surface area contributed by atoms with E-state index in [0.29, 0.717) is 30.0 Å². The molecule has 1 aliphatic heterocycles. The van der Waals surface area contributed by atoms with Crippen LogP contribution in [-0.2, 0) is 6.42 Å². The topological polar surface area (TPSA) is 38.3 Å². The third-order valence-corrected chi connectivity index (χ3v) is 3.90. The van der Waals surface area contributed by atoms with E-state index >= 15 is 0 Å². The number of hydrogen-bond acceptors (Lipinski definition) is 4. The highest BCUT2D eigenvalue weighted by Gasteiger charge is 2.26. The summed E-state index contributed by atoms with van der Waals surface area (Å²) in [5, 5.41) is 0. The molecular weight excluding hydrogens is 281 g/mol. The highest BCUT2D eigenvalue weighted by molar-refractivity contribution is 5.51. The Hall–Kier alpha value is -1.83. The van der Waals surface area contributed by atoms with Gasteiger partial charge in [0.25, 0.3) is 0 Å². The molecule has 0 saturated carbocycles. The summed E-state index contributed by atoms with van der Waals surface area (Å²) in [7, 11) is 0. The summed E-state index contributed by atoms with van der Waals surface area (Å²) < 4.78 is 19.4. The predicted molar refractivity (Wildman–Crippen MR) is 85.5 cm³/mol. The van der Waals surface area contributed by atoms with E-state index in [1.807, 2.05) is 6.92 Å². The maximum atomic E-state index is 13.8. The van der Waals surface area contributed by atoms with E-state index in [2.05, 4.69) is 40.6 Å². The monoisotopic (exact) mass is 305 g/mol. The SMILES string of the molecule is CC#CCOc1nc(F)nc(N2CC(C)CC(C)C2)c1CC. The molecule has 4 nitrogen and oxygen atoms in total. The minimum Gasteiger partial charge on any atom is -0.464 e. The number of piperidine rings is 1. The van der Waals surface area contributed by atoms with Crippen molar-refractivity contribution in [1.82, 2.24) is 9.97 Å². The molecule has 2 heterocycles. The lowest BCUT2D eigenvalue weighted by atomic mass is 9.91. The van der Waals surface area contributed by atoms with Crippen LogP contribution < -0.4 is 9.64 Å². The molecule has 1 aromatic heterocycles. The number of nitrogens with zero attached hydrogens (tertiary/aromatic N) is 3. The van der Waals surface area contributed by atoms with Gasteiger partial charge in [-0.25, -0.2) is 0 Å². The summed E-state index contributed by atoms with van der Waals surface area (Å²) >= 11 is 0. The lowest BCUT2D eigenvalue weighted by molar-refractivity contribution is 0.333. The van der Waals surface area contributed by atoms with Crippen molar-refractivity contribution in [3.8, 4) is 17.7 Å². The largest absolute Gasteiger partial charge is 0.464 e. The van der Waals surface area contributed by atoms with E-state index in [9.17, 15) is 4.39 Å². The fourth-order valence-corrected chi connectivity index (χ4v) is 3.13. The van der Waals surface area contributed by atoms with Gasteiger partial charge in [-0.1, -0.05) is 26.7 Å². The quantitative estimate of drug-likeness (QED) is 0.633. The maximum absolute atomic E-state index is 13.8. The standard InChI is InChI=1S/C17H24FN3O/c1-5-7-8-22-16-14(6-2)15(19-17(18)20-16)21-10-12(3)9-13(4)11-21/h12-13H,6,8-11H2,1-4H3. The Morgan fingerprint density at radius 2 is 1.95 bits per heavy atom. The maximum Gasteiger partial charge on any atom is 0.313 e. The van der Waals surface area contributed by atoms with Gasteiger partial charge in [0.15, 0.2) is 6.61 Å². The Labute approximate surface area is 132 Å². The molecule has 0 spiro atoms. The number of rotatable bonds is 4.